The highest BCUT2D eigenvalue weighted by Crippen LogP contribution is 2.20. The van der Waals surface area contributed by atoms with Crippen LogP contribution in [0.5, 0.6) is 0 Å². The van der Waals surface area contributed by atoms with E-state index in [0.717, 1.165) is 6.07 Å². The van der Waals surface area contributed by atoms with Gasteiger partial charge in [-0.05, 0) is 34.0 Å². The normalized spacial score (nSPS) is 10.8. The van der Waals surface area contributed by atoms with Crippen LogP contribution in [0.3, 0.4) is 0 Å². The van der Waals surface area contributed by atoms with Gasteiger partial charge in [-0.2, -0.15) is 9.78 Å². The van der Waals surface area contributed by atoms with E-state index in [1.807, 2.05) is 19.9 Å². The number of nitrogens with zero attached hydrogens (tertiary/aromatic N) is 2. The Bertz CT molecular complexity index is 723. The molecule has 2 aromatic rings. The molecular formula is C14H13BrN2O3. The lowest BCUT2D eigenvalue weighted by molar-refractivity contribution is 0.0694. The lowest BCUT2D eigenvalue weighted by Crippen LogP contribution is -2.25. The first-order valence-electron chi connectivity index (χ1n) is 6.04. The van der Waals surface area contributed by atoms with E-state index in [4.69, 9.17) is 5.11 Å². The molecule has 0 aliphatic rings. The van der Waals surface area contributed by atoms with Gasteiger partial charge in [0.05, 0.1) is 16.9 Å². The molecule has 0 amide bonds. The maximum Gasteiger partial charge on any atom is 0.337 e. The molecule has 0 radical (unpaired) electrons. The van der Waals surface area contributed by atoms with Crippen molar-refractivity contribution in [1.82, 2.24) is 9.78 Å². The standard InChI is InChI=1S/C14H13BrN2O3/c1-8(2)13-9(14(19)20)7-12(18)17(16-13)11-6-4-3-5-10(11)15/h3-8H,1-2H3,(H,19,20). The Morgan fingerprint density at radius 3 is 2.55 bits per heavy atom. The van der Waals surface area contributed by atoms with Crippen LogP contribution in [0.1, 0.15) is 35.8 Å². The van der Waals surface area contributed by atoms with E-state index in [2.05, 4.69) is 21.0 Å². The van der Waals surface area contributed by atoms with Crippen molar-refractivity contribution in [2.75, 3.05) is 0 Å². The van der Waals surface area contributed by atoms with Crippen molar-refractivity contribution in [2.24, 2.45) is 0 Å². The second-order valence-corrected chi connectivity index (χ2v) is 5.46. The molecule has 104 valence electrons. The number of carboxylic acids is 1. The number of benzene rings is 1. The van der Waals surface area contributed by atoms with E-state index >= 15 is 0 Å². The molecule has 6 heteroatoms. The molecule has 1 aromatic heterocycles. The Balaban J connectivity index is 2.74. The summed E-state index contributed by atoms with van der Waals surface area (Å²) in [5.74, 6) is -1.24. The quantitative estimate of drug-likeness (QED) is 0.935. The van der Waals surface area contributed by atoms with Gasteiger partial charge in [-0.25, -0.2) is 4.79 Å². The van der Waals surface area contributed by atoms with Gasteiger partial charge in [0.1, 0.15) is 0 Å². The second kappa shape index (κ2) is 5.58. The average molecular weight is 337 g/mol. The number of rotatable bonds is 3. The zero-order valence-corrected chi connectivity index (χ0v) is 12.6. The van der Waals surface area contributed by atoms with Crippen molar-refractivity contribution in [3.63, 3.8) is 0 Å². The van der Waals surface area contributed by atoms with Crippen LogP contribution in [0, 0.1) is 0 Å². The number of aromatic nitrogens is 2. The summed E-state index contributed by atoms with van der Waals surface area (Å²) in [7, 11) is 0. The van der Waals surface area contributed by atoms with Gasteiger partial charge in [0.2, 0.25) is 0 Å². The number of halogens is 1. The summed E-state index contributed by atoms with van der Waals surface area (Å²) in [6, 6.07) is 8.26. The fraction of sp³-hybridized carbons (Fsp3) is 0.214. The van der Waals surface area contributed by atoms with Crippen LogP contribution < -0.4 is 5.56 Å². The van der Waals surface area contributed by atoms with Gasteiger partial charge in [0.25, 0.3) is 5.56 Å². The number of carbonyl (C=O) groups is 1. The first kappa shape index (κ1) is 14.5. The van der Waals surface area contributed by atoms with Crippen molar-refractivity contribution < 1.29 is 9.90 Å². The zero-order chi connectivity index (χ0) is 14.9. The third-order valence-corrected chi connectivity index (χ3v) is 3.49. The highest BCUT2D eigenvalue weighted by Gasteiger charge is 2.18. The summed E-state index contributed by atoms with van der Waals surface area (Å²) in [5.41, 5.74) is 0.441. The van der Waals surface area contributed by atoms with Gasteiger partial charge in [-0.3, -0.25) is 4.79 Å². The van der Waals surface area contributed by atoms with Gasteiger partial charge in [0.15, 0.2) is 0 Å². The number of hydrogen-bond donors (Lipinski definition) is 1. The van der Waals surface area contributed by atoms with Gasteiger partial charge in [-0.1, -0.05) is 26.0 Å². The highest BCUT2D eigenvalue weighted by atomic mass is 79.9. The van der Waals surface area contributed by atoms with Crippen molar-refractivity contribution in [3.8, 4) is 5.69 Å². The molecule has 0 bridgehead atoms. The van der Waals surface area contributed by atoms with E-state index < -0.39 is 11.5 Å². The largest absolute Gasteiger partial charge is 0.478 e. The van der Waals surface area contributed by atoms with E-state index in [1.165, 1.54) is 4.68 Å². The topological polar surface area (TPSA) is 72.2 Å². The summed E-state index contributed by atoms with van der Waals surface area (Å²) in [4.78, 5) is 23.3. The lowest BCUT2D eigenvalue weighted by Gasteiger charge is -2.13. The van der Waals surface area contributed by atoms with E-state index in [0.29, 0.717) is 15.9 Å². The van der Waals surface area contributed by atoms with Crippen LogP contribution in [0.2, 0.25) is 0 Å². The highest BCUT2D eigenvalue weighted by molar-refractivity contribution is 9.10. The summed E-state index contributed by atoms with van der Waals surface area (Å²) in [6.45, 7) is 3.67. The number of hydrogen-bond acceptors (Lipinski definition) is 3. The monoisotopic (exact) mass is 336 g/mol. The summed E-state index contributed by atoms with van der Waals surface area (Å²) in [6.07, 6.45) is 0. The molecule has 0 spiro atoms. The molecule has 2 rings (SSSR count). The fourth-order valence-corrected chi connectivity index (χ4v) is 2.32. The first-order chi connectivity index (χ1) is 9.41. The number of aromatic carboxylic acids is 1. The summed E-state index contributed by atoms with van der Waals surface area (Å²) in [5, 5.41) is 13.4. The van der Waals surface area contributed by atoms with Crippen LogP contribution in [0.4, 0.5) is 0 Å². The van der Waals surface area contributed by atoms with Crippen LogP contribution >= 0.6 is 15.9 Å². The predicted octanol–water partition coefficient (Wildman–Crippen LogP) is 2.82. The van der Waals surface area contributed by atoms with Crippen LogP contribution in [0.15, 0.2) is 39.6 Å². The van der Waals surface area contributed by atoms with Crippen molar-refractivity contribution >= 4 is 21.9 Å². The summed E-state index contributed by atoms with van der Waals surface area (Å²) >= 11 is 3.36. The Hall–Kier alpha value is -1.95. The third kappa shape index (κ3) is 2.65. The maximum atomic E-state index is 12.1. The Morgan fingerprint density at radius 2 is 2.00 bits per heavy atom. The number of para-hydroxylation sites is 1. The minimum absolute atomic E-state index is 0.0479. The van der Waals surface area contributed by atoms with Crippen LogP contribution in [0.25, 0.3) is 5.69 Å². The van der Waals surface area contributed by atoms with Gasteiger partial charge >= 0.3 is 5.97 Å². The third-order valence-electron chi connectivity index (χ3n) is 2.82. The Labute approximate surface area is 124 Å². The van der Waals surface area contributed by atoms with Crippen LogP contribution in [-0.2, 0) is 0 Å². The molecule has 0 saturated heterocycles. The minimum atomic E-state index is -1.14. The van der Waals surface area contributed by atoms with Crippen molar-refractivity contribution in [1.29, 1.82) is 0 Å². The molecule has 0 atom stereocenters. The molecule has 0 unspecified atom stereocenters. The molecule has 1 N–H and O–H groups in total. The average Bonchev–Trinajstić information content (AvgIpc) is 2.39. The van der Waals surface area contributed by atoms with Gasteiger partial charge < -0.3 is 5.11 Å². The Morgan fingerprint density at radius 1 is 1.35 bits per heavy atom. The van der Waals surface area contributed by atoms with Crippen LogP contribution in [-0.4, -0.2) is 20.9 Å². The minimum Gasteiger partial charge on any atom is -0.478 e. The van der Waals surface area contributed by atoms with Gasteiger partial charge in [0, 0.05) is 10.5 Å². The fourth-order valence-electron chi connectivity index (χ4n) is 1.86. The molecule has 0 fully saturated rings. The summed E-state index contributed by atoms with van der Waals surface area (Å²) < 4.78 is 1.93. The second-order valence-electron chi connectivity index (χ2n) is 4.60. The molecule has 20 heavy (non-hydrogen) atoms. The molecule has 1 heterocycles. The predicted molar refractivity (Wildman–Crippen MR) is 78.6 cm³/mol. The first-order valence-corrected chi connectivity index (χ1v) is 6.83. The SMILES string of the molecule is CC(C)c1nn(-c2ccccc2Br)c(=O)cc1C(=O)O. The Kier molecular flexibility index (Phi) is 4.04. The van der Waals surface area contributed by atoms with Crippen molar-refractivity contribution in [3.05, 3.63) is 56.4 Å². The molecule has 1 aromatic carbocycles. The zero-order valence-electron chi connectivity index (χ0n) is 11.0. The van der Waals surface area contributed by atoms with Gasteiger partial charge in [-0.15, -0.1) is 0 Å². The lowest BCUT2D eigenvalue weighted by atomic mass is 10.0. The van der Waals surface area contributed by atoms with Crippen molar-refractivity contribution in [2.45, 2.75) is 19.8 Å². The smallest absolute Gasteiger partial charge is 0.337 e. The maximum absolute atomic E-state index is 12.1. The van der Waals surface area contributed by atoms with E-state index in [1.54, 1.807) is 18.2 Å². The molecule has 0 aliphatic carbocycles. The molecule has 0 saturated carbocycles. The van der Waals surface area contributed by atoms with E-state index in [-0.39, 0.29) is 11.5 Å². The molecule has 5 nitrogen and oxygen atoms in total. The van der Waals surface area contributed by atoms with E-state index in [9.17, 15) is 9.59 Å². The number of carboxylic acid groups (broad SMARTS) is 1. The molecular weight excluding hydrogens is 324 g/mol. The molecule has 0 aliphatic heterocycles.